The summed E-state index contributed by atoms with van der Waals surface area (Å²) < 4.78 is 47.5. The van der Waals surface area contributed by atoms with Crippen LogP contribution in [0.5, 0.6) is 0 Å². The van der Waals surface area contributed by atoms with Crippen LogP contribution in [0.3, 0.4) is 0 Å². The van der Waals surface area contributed by atoms with Gasteiger partial charge in [-0.2, -0.15) is 18.2 Å². The van der Waals surface area contributed by atoms with Crippen molar-refractivity contribution in [2.75, 3.05) is 39.4 Å². The molecule has 2 saturated heterocycles. The Bertz CT molecular complexity index is 997. The van der Waals surface area contributed by atoms with Crippen LogP contribution in [0.1, 0.15) is 22.7 Å². The highest BCUT2D eigenvalue weighted by Gasteiger charge is 2.38. The van der Waals surface area contributed by atoms with E-state index in [1.54, 1.807) is 9.80 Å². The smallest absolute Gasteiger partial charge is 0.391 e. The van der Waals surface area contributed by atoms with Crippen molar-refractivity contribution in [3.05, 3.63) is 35.7 Å². The van der Waals surface area contributed by atoms with Crippen molar-refractivity contribution in [1.29, 1.82) is 0 Å². The summed E-state index contributed by atoms with van der Waals surface area (Å²) in [7, 11) is 0. The number of hydrogen-bond acceptors (Lipinski definition) is 7. The van der Waals surface area contributed by atoms with E-state index in [9.17, 15) is 27.9 Å². The van der Waals surface area contributed by atoms with Crippen molar-refractivity contribution in [1.82, 2.24) is 25.3 Å². The maximum Gasteiger partial charge on any atom is 0.471 e. The molecule has 10 nitrogen and oxygen atoms in total. The fourth-order valence-electron chi connectivity index (χ4n) is 3.71. The minimum Gasteiger partial charge on any atom is -0.391 e. The summed E-state index contributed by atoms with van der Waals surface area (Å²) in [5.41, 5.74) is 0.534. The number of nitrogens with zero attached hydrogens (tertiary/aromatic N) is 4. The summed E-state index contributed by atoms with van der Waals surface area (Å²) >= 11 is 0. The number of morpholine rings is 1. The normalized spacial score (nSPS) is 21.3. The standard InChI is InChI=1S/C20H22F3N5O5/c21-20(22,23)18-25-16(26-33-18)12-1-3-13(4-2-12)17(30)24-9-14-11-32-8-7-28(14)19(31)27-6-5-15(29)10-27/h1-4,14-15,29H,5-11H2,(H,24,30)/t14-,15-/m0/s1. The summed E-state index contributed by atoms with van der Waals surface area (Å²) in [5.74, 6) is -2.11. The summed E-state index contributed by atoms with van der Waals surface area (Å²) in [4.78, 5) is 31.9. The first-order valence-electron chi connectivity index (χ1n) is 10.3. The van der Waals surface area contributed by atoms with Gasteiger partial charge in [0.1, 0.15) is 0 Å². The van der Waals surface area contributed by atoms with Crippen molar-refractivity contribution in [2.45, 2.75) is 24.7 Å². The molecule has 2 fully saturated rings. The molecule has 3 heterocycles. The molecule has 1 aromatic carbocycles. The van der Waals surface area contributed by atoms with Gasteiger partial charge in [-0.3, -0.25) is 4.79 Å². The number of nitrogens with one attached hydrogen (secondary N) is 1. The number of aliphatic hydroxyl groups excluding tert-OH is 1. The van der Waals surface area contributed by atoms with Gasteiger partial charge in [-0.05, 0) is 18.6 Å². The minimum absolute atomic E-state index is 0.155. The molecule has 0 unspecified atom stereocenters. The van der Waals surface area contributed by atoms with Crippen LogP contribution in [0.4, 0.5) is 18.0 Å². The van der Waals surface area contributed by atoms with Crippen molar-refractivity contribution in [2.24, 2.45) is 0 Å². The first-order valence-corrected chi connectivity index (χ1v) is 10.3. The van der Waals surface area contributed by atoms with Crippen LogP contribution in [0.25, 0.3) is 11.4 Å². The fourth-order valence-corrected chi connectivity index (χ4v) is 3.71. The van der Waals surface area contributed by atoms with Gasteiger partial charge in [0.25, 0.3) is 5.91 Å². The second kappa shape index (κ2) is 9.35. The lowest BCUT2D eigenvalue weighted by molar-refractivity contribution is -0.159. The van der Waals surface area contributed by atoms with Gasteiger partial charge >= 0.3 is 18.1 Å². The van der Waals surface area contributed by atoms with E-state index < -0.39 is 24.1 Å². The third-order valence-electron chi connectivity index (χ3n) is 5.48. The number of rotatable bonds is 4. The molecule has 33 heavy (non-hydrogen) atoms. The third-order valence-corrected chi connectivity index (χ3v) is 5.48. The monoisotopic (exact) mass is 469 g/mol. The highest BCUT2D eigenvalue weighted by atomic mass is 19.4. The molecule has 0 aliphatic carbocycles. The van der Waals surface area contributed by atoms with Gasteiger partial charge in [0.05, 0.1) is 25.4 Å². The molecule has 2 aromatic rings. The van der Waals surface area contributed by atoms with Gasteiger partial charge < -0.3 is 29.5 Å². The number of urea groups is 1. The van der Waals surface area contributed by atoms with Crippen LogP contribution in [0.2, 0.25) is 0 Å². The lowest BCUT2D eigenvalue weighted by atomic mass is 10.1. The number of β-amino-alcohol motifs (C(OH)–C–C–N with tert-alkyl or cyclic N) is 1. The summed E-state index contributed by atoms with van der Waals surface area (Å²) in [6.45, 7) is 1.95. The SMILES string of the molecule is O=C(NC[C@H]1COCCN1C(=O)N1CC[C@H](O)C1)c1ccc(-c2noc(C(F)(F)F)n2)cc1. The number of carbonyl (C=O) groups is 2. The molecule has 0 saturated carbocycles. The van der Waals surface area contributed by atoms with Gasteiger partial charge in [0.15, 0.2) is 0 Å². The second-order valence-electron chi connectivity index (χ2n) is 7.80. The fraction of sp³-hybridized carbons (Fsp3) is 0.500. The van der Waals surface area contributed by atoms with E-state index in [4.69, 9.17) is 4.74 Å². The molecular weight excluding hydrogens is 447 g/mol. The molecule has 13 heteroatoms. The largest absolute Gasteiger partial charge is 0.471 e. The van der Waals surface area contributed by atoms with E-state index >= 15 is 0 Å². The number of carbonyl (C=O) groups excluding carboxylic acids is 2. The summed E-state index contributed by atoms with van der Waals surface area (Å²) in [5, 5.41) is 15.8. The Morgan fingerprint density at radius 2 is 1.97 bits per heavy atom. The number of likely N-dealkylation sites (tertiary alicyclic amines) is 1. The average molecular weight is 469 g/mol. The molecule has 0 bridgehead atoms. The molecule has 4 rings (SSSR count). The zero-order chi connectivity index (χ0) is 23.6. The molecule has 2 aliphatic heterocycles. The number of benzene rings is 1. The highest BCUT2D eigenvalue weighted by molar-refractivity contribution is 5.94. The Balaban J connectivity index is 1.35. The minimum atomic E-state index is -4.74. The van der Waals surface area contributed by atoms with Gasteiger partial charge in [-0.15, -0.1) is 0 Å². The molecule has 2 aliphatic rings. The van der Waals surface area contributed by atoms with Gasteiger partial charge in [0, 0.05) is 37.3 Å². The van der Waals surface area contributed by atoms with Crippen molar-refractivity contribution >= 4 is 11.9 Å². The lowest BCUT2D eigenvalue weighted by Gasteiger charge is -2.37. The number of halogens is 3. The molecular formula is C20H22F3N5O5. The van der Waals surface area contributed by atoms with Crippen LogP contribution in [-0.4, -0.2) is 88.5 Å². The maximum atomic E-state index is 12.8. The molecule has 0 spiro atoms. The van der Waals surface area contributed by atoms with Crippen molar-refractivity contribution in [3.8, 4) is 11.4 Å². The number of amides is 3. The second-order valence-corrected chi connectivity index (χ2v) is 7.80. The number of ether oxygens (including phenoxy) is 1. The van der Waals surface area contributed by atoms with Crippen LogP contribution in [-0.2, 0) is 10.9 Å². The molecule has 2 N–H and O–H groups in total. The topological polar surface area (TPSA) is 121 Å². The molecule has 0 radical (unpaired) electrons. The Labute approximate surface area is 186 Å². The number of aromatic nitrogens is 2. The molecule has 3 amide bonds. The quantitative estimate of drug-likeness (QED) is 0.694. The Hall–Kier alpha value is -3.19. The highest BCUT2D eigenvalue weighted by Crippen LogP contribution is 2.29. The Kier molecular flexibility index (Phi) is 6.51. The van der Waals surface area contributed by atoms with E-state index in [0.717, 1.165) is 0 Å². The molecule has 178 valence electrons. The van der Waals surface area contributed by atoms with Crippen LogP contribution < -0.4 is 5.32 Å². The Morgan fingerprint density at radius 3 is 2.61 bits per heavy atom. The van der Waals surface area contributed by atoms with Crippen LogP contribution in [0, 0.1) is 0 Å². The van der Waals surface area contributed by atoms with Gasteiger partial charge in [-0.25, -0.2) is 4.79 Å². The van der Waals surface area contributed by atoms with Crippen molar-refractivity contribution < 1.29 is 37.1 Å². The number of aliphatic hydroxyl groups is 1. The predicted octanol–water partition coefficient (Wildman–Crippen LogP) is 1.37. The first kappa shape index (κ1) is 23.0. The predicted molar refractivity (Wildman–Crippen MR) is 106 cm³/mol. The number of alkyl halides is 3. The van der Waals surface area contributed by atoms with Crippen LogP contribution in [0.15, 0.2) is 28.8 Å². The first-order chi connectivity index (χ1) is 15.7. The molecule has 2 atom stereocenters. The van der Waals surface area contributed by atoms with Gasteiger partial charge in [0.2, 0.25) is 5.82 Å². The zero-order valence-electron chi connectivity index (χ0n) is 17.4. The van der Waals surface area contributed by atoms with Crippen LogP contribution >= 0.6 is 0 Å². The van der Waals surface area contributed by atoms with E-state index in [0.29, 0.717) is 26.1 Å². The summed E-state index contributed by atoms with van der Waals surface area (Å²) in [6.07, 6.45) is -4.73. The van der Waals surface area contributed by atoms with Gasteiger partial charge in [-0.1, -0.05) is 17.3 Å². The Morgan fingerprint density at radius 1 is 1.21 bits per heavy atom. The lowest BCUT2D eigenvalue weighted by Crippen LogP contribution is -2.56. The maximum absolute atomic E-state index is 12.8. The van der Waals surface area contributed by atoms with Crippen molar-refractivity contribution in [3.63, 3.8) is 0 Å². The van der Waals surface area contributed by atoms with E-state index in [2.05, 4.69) is 20.0 Å². The third kappa shape index (κ3) is 5.25. The van der Waals surface area contributed by atoms with E-state index in [1.807, 2.05) is 0 Å². The average Bonchev–Trinajstić information content (AvgIpc) is 3.47. The van der Waals surface area contributed by atoms with E-state index in [-0.39, 0.29) is 48.7 Å². The molecule has 1 aromatic heterocycles. The zero-order valence-corrected chi connectivity index (χ0v) is 17.4. The summed E-state index contributed by atoms with van der Waals surface area (Å²) in [6, 6.07) is 5.13. The van der Waals surface area contributed by atoms with E-state index in [1.165, 1.54) is 24.3 Å². The number of hydrogen-bond donors (Lipinski definition) is 2.